The van der Waals surface area contributed by atoms with E-state index in [0.29, 0.717) is 16.7 Å². The quantitative estimate of drug-likeness (QED) is 0.167. The number of para-hydroxylation sites is 2. The maximum atomic E-state index is 10.7. The Kier molecular flexibility index (Phi) is 7.77. The minimum absolute atomic E-state index is 0.524. The van der Waals surface area contributed by atoms with Crippen molar-refractivity contribution in [3.63, 3.8) is 0 Å². The first-order valence-corrected chi connectivity index (χ1v) is 16.9. The molecule has 240 valence electrons. The molecule has 2 heterocycles. The van der Waals surface area contributed by atoms with Gasteiger partial charge in [0.05, 0.1) is 57.1 Å². The lowest BCUT2D eigenvalue weighted by Gasteiger charge is -2.21. The minimum atomic E-state index is 0.524. The van der Waals surface area contributed by atoms with Crippen molar-refractivity contribution in [1.29, 1.82) is 15.8 Å². The third-order valence-corrected chi connectivity index (χ3v) is 9.87. The summed E-state index contributed by atoms with van der Waals surface area (Å²) in [7, 11) is 0. The molecule has 0 fully saturated rings. The Labute approximate surface area is 296 Å². The molecule has 0 N–H and O–H groups in total. The molecule has 1 aliphatic carbocycles. The zero-order chi connectivity index (χ0) is 35.1. The molecule has 0 amide bonds. The Balaban J connectivity index is 1.31. The van der Waals surface area contributed by atoms with Crippen molar-refractivity contribution >= 4 is 49.9 Å². The van der Waals surface area contributed by atoms with E-state index >= 15 is 0 Å². The highest BCUT2D eigenvalue weighted by Crippen LogP contribution is 2.41. The number of rotatable bonds is 6. The molecule has 51 heavy (non-hydrogen) atoms. The zero-order valence-corrected chi connectivity index (χ0v) is 28.1. The van der Waals surface area contributed by atoms with Crippen LogP contribution in [0.2, 0.25) is 0 Å². The number of hydrogen-bond donors (Lipinski definition) is 0. The van der Waals surface area contributed by atoms with E-state index in [4.69, 9.17) is 0 Å². The highest BCUT2D eigenvalue weighted by molar-refractivity contribution is 6.12. The Hall–Kier alpha value is -7.13. The largest absolute Gasteiger partial charge is 0.309 e. The molecule has 2 aromatic heterocycles. The van der Waals surface area contributed by atoms with Gasteiger partial charge in [-0.05, 0) is 97.1 Å². The third-order valence-electron chi connectivity index (χ3n) is 9.87. The second kappa shape index (κ2) is 12.7. The van der Waals surface area contributed by atoms with E-state index in [2.05, 4.69) is 70.3 Å². The number of aryl methyl sites for hydroxylation is 1. The summed E-state index contributed by atoms with van der Waals surface area (Å²) in [6.07, 6.45) is 12.1. The molecule has 0 radical (unpaired) electrons. The predicted molar refractivity (Wildman–Crippen MR) is 207 cm³/mol. The number of benzene rings is 5. The van der Waals surface area contributed by atoms with Gasteiger partial charge in [-0.2, -0.15) is 15.8 Å². The molecule has 0 aliphatic heterocycles. The van der Waals surface area contributed by atoms with Crippen LogP contribution >= 0.6 is 0 Å². The summed E-state index contributed by atoms with van der Waals surface area (Å²) < 4.78 is 4.43. The zero-order valence-electron chi connectivity index (χ0n) is 28.1. The summed E-state index contributed by atoms with van der Waals surface area (Å²) in [6.45, 7) is 6.09. The van der Waals surface area contributed by atoms with Gasteiger partial charge >= 0.3 is 0 Å². The maximum absolute atomic E-state index is 10.7. The average Bonchev–Trinajstić information content (AvgIpc) is 3.70. The first kappa shape index (κ1) is 31.2. The number of allylic oxidation sites excluding steroid dienone is 6. The van der Waals surface area contributed by atoms with Gasteiger partial charge in [0, 0.05) is 38.7 Å². The van der Waals surface area contributed by atoms with Gasteiger partial charge < -0.3 is 9.13 Å². The molecular weight excluding hydrogens is 623 g/mol. The van der Waals surface area contributed by atoms with Gasteiger partial charge in [-0.1, -0.05) is 79.4 Å². The fourth-order valence-corrected chi connectivity index (χ4v) is 7.75. The standard InChI is InChI=1S/C46H31N5/c1-3-12-36(35-23-22-33(26-32(35)29-49)50-43-19-10-7-16-39(43)46-31(28-48)13-11-20-45(46)50)34(4-2)37-14-5-8-17-41(37)51-42-18-9-6-15-38(42)40-25-30(27-47)21-24-44(40)51/h3-5,7-14,16-26H,1,6,15H2,2H3/b34-4+,36-12+. The lowest BCUT2D eigenvalue weighted by atomic mass is 9.88. The van der Waals surface area contributed by atoms with E-state index in [1.165, 1.54) is 5.56 Å². The van der Waals surface area contributed by atoms with Crippen LogP contribution < -0.4 is 0 Å². The normalized spacial score (nSPS) is 12.8. The predicted octanol–water partition coefficient (Wildman–Crippen LogP) is 11.0. The summed E-state index contributed by atoms with van der Waals surface area (Å²) in [5.41, 5.74) is 12.6. The van der Waals surface area contributed by atoms with E-state index in [9.17, 15) is 15.8 Å². The topological polar surface area (TPSA) is 81.2 Å². The highest BCUT2D eigenvalue weighted by Gasteiger charge is 2.23. The van der Waals surface area contributed by atoms with Crippen LogP contribution in [0.15, 0.2) is 134 Å². The van der Waals surface area contributed by atoms with Crippen LogP contribution in [0.4, 0.5) is 0 Å². The first-order chi connectivity index (χ1) is 25.1. The number of nitriles is 3. The Morgan fingerprint density at radius 1 is 0.706 bits per heavy atom. The lowest BCUT2D eigenvalue weighted by molar-refractivity contribution is 0.966. The summed E-state index contributed by atoms with van der Waals surface area (Å²) in [4.78, 5) is 0. The molecule has 0 spiro atoms. The van der Waals surface area contributed by atoms with Crippen LogP contribution in [0, 0.1) is 34.0 Å². The third kappa shape index (κ3) is 4.90. The van der Waals surface area contributed by atoms with Crippen LogP contribution in [-0.2, 0) is 6.42 Å². The summed E-state index contributed by atoms with van der Waals surface area (Å²) >= 11 is 0. The van der Waals surface area contributed by atoms with Gasteiger partial charge in [0.15, 0.2) is 0 Å². The molecule has 0 bridgehead atoms. The first-order valence-electron chi connectivity index (χ1n) is 16.9. The van der Waals surface area contributed by atoms with Crippen molar-refractivity contribution in [2.75, 3.05) is 0 Å². The maximum Gasteiger partial charge on any atom is 0.0998 e. The summed E-state index contributed by atoms with van der Waals surface area (Å²) in [6, 6.07) is 41.3. The molecule has 0 saturated carbocycles. The molecule has 8 rings (SSSR count). The fraction of sp³-hybridized carbons (Fsp3) is 0.0652. The van der Waals surface area contributed by atoms with Crippen LogP contribution in [0.3, 0.4) is 0 Å². The lowest BCUT2D eigenvalue weighted by Crippen LogP contribution is -2.05. The van der Waals surface area contributed by atoms with E-state index in [1.54, 1.807) is 6.08 Å². The number of fused-ring (bicyclic) bond motifs is 6. The van der Waals surface area contributed by atoms with E-state index in [-0.39, 0.29) is 0 Å². The Morgan fingerprint density at radius 3 is 2.29 bits per heavy atom. The minimum Gasteiger partial charge on any atom is -0.309 e. The van der Waals surface area contributed by atoms with Crippen molar-refractivity contribution in [3.05, 3.63) is 173 Å². The molecule has 1 aliphatic rings. The molecule has 7 aromatic rings. The highest BCUT2D eigenvalue weighted by atomic mass is 15.0. The summed E-state index contributed by atoms with van der Waals surface area (Å²) in [5, 5.41) is 33.3. The van der Waals surface area contributed by atoms with Crippen molar-refractivity contribution < 1.29 is 0 Å². The van der Waals surface area contributed by atoms with Gasteiger partial charge in [0.1, 0.15) is 0 Å². The van der Waals surface area contributed by atoms with Crippen molar-refractivity contribution in [1.82, 2.24) is 9.13 Å². The number of nitrogens with zero attached hydrogens (tertiary/aromatic N) is 5. The van der Waals surface area contributed by atoms with Crippen molar-refractivity contribution in [2.45, 2.75) is 19.8 Å². The van der Waals surface area contributed by atoms with Crippen molar-refractivity contribution in [2.24, 2.45) is 0 Å². The van der Waals surface area contributed by atoms with E-state index in [0.717, 1.165) is 84.9 Å². The molecule has 5 aromatic carbocycles. The smallest absolute Gasteiger partial charge is 0.0998 e. The molecular formula is C46H31N5. The Morgan fingerprint density at radius 2 is 1.49 bits per heavy atom. The SMILES string of the molecule is C=C/C=C(\C(=C/C)c1ccccc1-n1c2c(c3cc(C#N)ccc31)CCC=C2)c1ccc(-n2c3ccccc3c3c(C#N)cccc32)cc1C#N. The van der Waals surface area contributed by atoms with Crippen LogP contribution in [-0.4, -0.2) is 9.13 Å². The van der Waals surface area contributed by atoms with E-state index in [1.807, 2.05) is 97.9 Å². The molecule has 0 unspecified atom stereocenters. The van der Waals surface area contributed by atoms with Crippen LogP contribution in [0.5, 0.6) is 0 Å². The Bertz CT molecular complexity index is 2810. The van der Waals surface area contributed by atoms with Gasteiger partial charge in [-0.3, -0.25) is 0 Å². The van der Waals surface area contributed by atoms with Gasteiger partial charge in [0.2, 0.25) is 0 Å². The van der Waals surface area contributed by atoms with Crippen LogP contribution in [0.1, 0.15) is 52.4 Å². The fourth-order valence-electron chi connectivity index (χ4n) is 7.75. The second-order valence-electron chi connectivity index (χ2n) is 12.5. The van der Waals surface area contributed by atoms with Gasteiger partial charge in [-0.25, -0.2) is 0 Å². The second-order valence-corrected chi connectivity index (χ2v) is 12.5. The molecule has 0 atom stereocenters. The molecule has 0 saturated heterocycles. The van der Waals surface area contributed by atoms with Gasteiger partial charge in [-0.15, -0.1) is 0 Å². The van der Waals surface area contributed by atoms with Crippen LogP contribution in [0.25, 0.3) is 61.3 Å². The number of aromatic nitrogens is 2. The van der Waals surface area contributed by atoms with Gasteiger partial charge in [0.25, 0.3) is 0 Å². The molecule has 5 heteroatoms. The average molecular weight is 654 g/mol. The van der Waals surface area contributed by atoms with Crippen molar-refractivity contribution in [3.8, 4) is 29.6 Å². The monoisotopic (exact) mass is 653 g/mol. The number of hydrogen-bond acceptors (Lipinski definition) is 3. The summed E-state index contributed by atoms with van der Waals surface area (Å²) in [5.74, 6) is 0. The van der Waals surface area contributed by atoms with E-state index < -0.39 is 0 Å². The molecule has 5 nitrogen and oxygen atoms in total.